The van der Waals surface area contributed by atoms with Gasteiger partial charge in [-0.3, -0.25) is 5.21 Å². The van der Waals surface area contributed by atoms with Crippen LogP contribution in [0.5, 0.6) is 0 Å². The molecule has 1 aromatic rings. The van der Waals surface area contributed by atoms with Crippen LogP contribution in [0.3, 0.4) is 0 Å². The maximum atomic E-state index is 3.66. The van der Waals surface area contributed by atoms with Gasteiger partial charge in [0, 0.05) is 0 Å². The van der Waals surface area contributed by atoms with E-state index < -0.39 is 0 Å². The summed E-state index contributed by atoms with van der Waals surface area (Å²) >= 11 is 0. The zero-order valence-electron chi connectivity index (χ0n) is 5.34. The summed E-state index contributed by atoms with van der Waals surface area (Å²) in [6.07, 6.45) is 0. The molecule has 0 aliphatic rings. The Morgan fingerprint density at radius 1 is 1.38 bits per heavy atom. The van der Waals surface area contributed by atoms with E-state index in [-0.39, 0.29) is 58.2 Å². The summed E-state index contributed by atoms with van der Waals surface area (Å²) in [5.41, 5.74) is 1.83. The largest absolute Gasteiger partial charge is 1.00 e. The third kappa shape index (κ3) is 2.05. The molecule has 0 saturated carbocycles. The van der Waals surface area contributed by atoms with Crippen LogP contribution in [0.25, 0.3) is 0 Å². The van der Waals surface area contributed by atoms with Gasteiger partial charge in [0.25, 0.3) is 0 Å². The van der Waals surface area contributed by atoms with Gasteiger partial charge in [0.05, 0.1) is 0 Å². The van der Waals surface area contributed by atoms with Crippen LogP contribution in [0.1, 0.15) is 11.4 Å². The van der Waals surface area contributed by atoms with Gasteiger partial charge in [0.1, 0.15) is 0 Å². The van der Waals surface area contributed by atoms with Crippen molar-refractivity contribution in [1.29, 1.82) is 0 Å². The van der Waals surface area contributed by atoms with Gasteiger partial charge in [0.15, 0.2) is 0 Å². The predicted molar refractivity (Wildman–Crippen MR) is 24.8 cm³/mol. The zero-order valence-corrected chi connectivity index (χ0v) is 10.3. The third-order valence-electron chi connectivity index (χ3n) is 0.913. The molecule has 1 rings (SSSR count). The molecule has 38 valence electrons. The summed E-state index contributed by atoms with van der Waals surface area (Å²) in [6, 6.07) is 0. The van der Waals surface area contributed by atoms with Gasteiger partial charge in [-0.15, -0.1) is 0 Å². The fourth-order valence-electron chi connectivity index (χ4n) is 0.301. The molecule has 1 aromatic heterocycles. The molecular weight excluding hydrogens is 176 g/mol. The molecule has 0 bridgehead atoms. The smallest absolute Gasteiger partial charge is 0.355 e. The number of rotatable bonds is 0. The van der Waals surface area contributed by atoms with Crippen molar-refractivity contribution in [1.82, 2.24) is 15.4 Å². The van der Waals surface area contributed by atoms with E-state index in [1.54, 1.807) is 0 Å². The Labute approximate surface area is 97.0 Å². The Bertz CT molecular complexity index is 144. The second kappa shape index (κ2) is 3.87. The first kappa shape index (κ1) is 8.95. The van der Waals surface area contributed by atoms with Crippen molar-refractivity contribution in [2.45, 2.75) is 13.8 Å². The van der Waals surface area contributed by atoms with E-state index in [0.717, 1.165) is 11.4 Å². The molecule has 0 unspecified atom stereocenters. The minimum Gasteiger partial charge on any atom is -0.355 e. The molecule has 0 amide bonds. The third-order valence-corrected chi connectivity index (χ3v) is 0.913. The van der Waals surface area contributed by atoms with Crippen molar-refractivity contribution < 1.29 is 58.2 Å². The average molecular weight is 182 g/mol. The molecule has 0 atom stereocenters. The number of aryl methyl sites for hydroxylation is 2. The number of nitrogens with zero attached hydrogens (tertiary/aromatic N) is 3. The minimum atomic E-state index is 0. The maximum Gasteiger partial charge on any atom is 1.00 e. The van der Waals surface area contributed by atoms with E-state index in [1.165, 1.54) is 0 Å². The fraction of sp³-hybridized carbons (Fsp3) is 0.500. The van der Waals surface area contributed by atoms with Crippen LogP contribution < -0.4 is 63.3 Å². The molecule has 0 saturated heterocycles. The molecule has 0 fully saturated rings. The standard InChI is InChI=1S/C4H6N3.Rb/c1-3-4(2)6-7-5-3;/h1-2H3;/q-1;+1. The molecule has 8 heavy (non-hydrogen) atoms. The Morgan fingerprint density at radius 3 is 2.12 bits per heavy atom. The van der Waals surface area contributed by atoms with E-state index in [0.29, 0.717) is 0 Å². The Balaban J connectivity index is 0.000000490. The topological polar surface area (TPSA) is 39.9 Å². The molecule has 0 radical (unpaired) electrons. The summed E-state index contributed by atoms with van der Waals surface area (Å²) in [5.74, 6) is 0. The summed E-state index contributed by atoms with van der Waals surface area (Å²) in [4.78, 5) is 0. The van der Waals surface area contributed by atoms with Crippen LogP contribution in [0.2, 0.25) is 0 Å². The molecule has 3 nitrogen and oxygen atoms in total. The molecule has 0 N–H and O–H groups in total. The van der Waals surface area contributed by atoms with Crippen molar-refractivity contribution in [3.8, 4) is 0 Å². The van der Waals surface area contributed by atoms with Gasteiger partial charge in [0.2, 0.25) is 0 Å². The molecular formula is C4H6N3Rb. The average Bonchev–Trinajstić information content (AvgIpc) is 1.91. The zero-order chi connectivity index (χ0) is 5.28. The van der Waals surface area contributed by atoms with E-state index in [4.69, 9.17) is 0 Å². The molecule has 1 heterocycles. The summed E-state index contributed by atoms with van der Waals surface area (Å²) < 4.78 is 0. The van der Waals surface area contributed by atoms with Crippen molar-refractivity contribution >= 4 is 0 Å². The summed E-state index contributed by atoms with van der Waals surface area (Å²) in [7, 11) is 0. The van der Waals surface area contributed by atoms with E-state index in [1.807, 2.05) is 13.8 Å². The normalized spacial score (nSPS) is 8.25. The van der Waals surface area contributed by atoms with Crippen LogP contribution in [0.15, 0.2) is 0 Å². The van der Waals surface area contributed by atoms with Crippen molar-refractivity contribution in [2.75, 3.05) is 0 Å². The summed E-state index contributed by atoms with van der Waals surface area (Å²) in [5, 5.41) is 10.7. The molecule has 0 aromatic carbocycles. The van der Waals surface area contributed by atoms with Gasteiger partial charge in [-0.2, -0.15) is 0 Å². The molecule has 0 aliphatic heterocycles. The number of aromatic nitrogens is 3. The number of hydrogen-bond donors (Lipinski definition) is 0. The maximum absolute atomic E-state index is 3.66. The Kier molecular flexibility index (Phi) is 4.33. The van der Waals surface area contributed by atoms with Crippen LogP contribution >= 0.6 is 0 Å². The van der Waals surface area contributed by atoms with Gasteiger partial charge >= 0.3 is 58.2 Å². The Morgan fingerprint density at radius 2 is 2.00 bits per heavy atom. The van der Waals surface area contributed by atoms with E-state index in [2.05, 4.69) is 15.4 Å². The minimum absolute atomic E-state index is 0. The molecule has 0 aliphatic carbocycles. The second-order valence-corrected chi connectivity index (χ2v) is 1.46. The number of hydrogen-bond acceptors (Lipinski definition) is 2. The Hall–Kier alpha value is 0.945. The van der Waals surface area contributed by atoms with Gasteiger partial charge in [-0.05, 0) is 13.8 Å². The first-order chi connectivity index (χ1) is 3.30. The summed E-state index contributed by atoms with van der Waals surface area (Å²) in [6.45, 7) is 3.77. The quantitative estimate of drug-likeness (QED) is 0.430. The van der Waals surface area contributed by atoms with Crippen LogP contribution in [-0.4, -0.2) is 10.3 Å². The fourth-order valence-corrected chi connectivity index (χ4v) is 0.301. The SMILES string of the molecule is Cc1nn[n-]c1C.[Rb+]. The van der Waals surface area contributed by atoms with E-state index >= 15 is 0 Å². The van der Waals surface area contributed by atoms with Crippen LogP contribution in [0, 0.1) is 13.8 Å². The van der Waals surface area contributed by atoms with Gasteiger partial charge in [-0.1, -0.05) is 11.4 Å². The first-order valence-electron chi connectivity index (χ1n) is 2.10. The van der Waals surface area contributed by atoms with Crippen molar-refractivity contribution in [2.24, 2.45) is 0 Å². The van der Waals surface area contributed by atoms with E-state index in [9.17, 15) is 0 Å². The molecule has 0 spiro atoms. The monoisotopic (exact) mass is 181 g/mol. The van der Waals surface area contributed by atoms with Crippen molar-refractivity contribution in [3.05, 3.63) is 11.4 Å². The first-order valence-corrected chi connectivity index (χ1v) is 2.10. The second-order valence-electron chi connectivity index (χ2n) is 1.46. The predicted octanol–water partition coefficient (Wildman–Crippen LogP) is -2.95. The van der Waals surface area contributed by atoms with Crippen molar-refractivity contribution in [3.63, 3.8) is 0 Å². The molecule has 4 heteroatoms. The van der Waals surface area contributed by atoms with Gasteiger partial charge in [-0.25, -0.2) is 0 Å². The van der Waals surface area contributed by atoms with Crippen LogP contribution in [0.4, 0.5) is 0 Å². The van der Waals surface area contributed by atoms with Gasteiger partial charge < -0.3 is 10.2 Å². The van der Waals surface area contributed by atoms with Crippen LogP contribution in [-0.2, 0) is 0 Å².